The van der Waals surface area contributed by atoms with Gasteiger partial charge in [0.25, 0.3) is 0 Å². The molecule has 0 bridgehead atoms. The summed E-state index contributed by atoms with van der Waals surface area (Å²) in [6, 6.07) is 5.96. The average molecular weight is 283 g/mol. The second-order valence-electron chi connectivity index (χ2n) is 4.84. The van der Waals surface area contributed by atoms with Gasteiger partial charge in [0.15, 0.2) is 0 Å². The van der Waals surface area contributed by atoms with E-state index in [1.54, 1.807) is 12.1 Å². The van der Waals surface area contributed by atoms with E-state index in [9.17, 15) is 13.2 Å². The first-order valence-corrected chi connectivity index (χ1v) is 6.24. The lowest BCUT2D eigenvalue weighted by Crippen LogP contribution is -2.17. The van der Waals surface area contributed by atoms with Crippen molar-refractivity contribution in [1.82, 2.24) is 4.57 Å². The number of aromatic nitrogens is 1. The van der Waals surface area contributed by atoms with E-state index in [0.717, 1.165) is 11.3 Å². The maximum atomic E-state index is 12.1. The molecule has 0 aliphatic rings. The molecule has 5 heteroatoms. The zero-order valence-corrected chi connectivity index (χ0v) is 11.6. The van der Waals surface area contributed by atoms with Crippen molar-refractivity contribution in [2.45, 2.75) is 33.7 Å². The highest BCUT2D eigenvalue weighted by molar-refractivity contribution is 5.31. The van der Waals surface area contributed by atoms with Crippen LogP contribution in [0.4, 0.5) is 13.2 Å². The van der Waals surface area contributed by atoms with Crippen molar-refractivity contribution < 1.29 is 17.9 Å². The molecule has 0 unspecified atom stereocenters. The molecule has 0 aliphatic carbocycles. The number of benzene rings is 1. The van der Waals surface area contributed by atoms with Crippen LogP contribution in [-0.4, -0.2) is 10.9 Å². The van der Waals surface area contributed by atoms with E-state index in [1.807, 2.05) is 20.0 Å². The Kier molecular flexibility index (Phi) is 3.79. The normalized spacial score (nSPS) is 11.7. The molecule has 0 saturated carbocycles. The molecule has 0 spiro atoms. The monoisotopic (exact) mass is 283 g/mol. The van der Waals surface area contributed by atoms with E-state index in [0.29, 0.717) is 6.54 Å². The summed E-state index contributed by atoms with van der Waals surface area (Å²) >= 11 is 0. The van der Waals surface area contributed by atoms with Gasteiger partial charge in [-0.05, 0) is 49.6 Å². The Morgan fingerprint density at radius 1 is 1.05 bits per heavy atom. The van der Waals surface area contributed by atoms with E-state index in [4.69, 9.17) is 0 Å². The van der Waals surface area contributed by atoms with Crippen LogP contribution in [-0.2, 0) is 6.54 Å². The second kappa shape index (κ2) is 5.23. The molecule has 0 amide bonds. The average Bonchev–Trinajstić information content (AvgIpc) is 2.58. The molecule has 1 heterocycles. The van der Waals surface area contributed by atoms with Crippen LogP contribution in [0.3, 0.4) is 0 Å². The molecule has 0 aliphatic heterocycles. The SMILES string of the molecule is Cc1cn(Cc2ccc(OC(F)(F)F)cc2)c(C)c1C. The van der Waals surface area contributed by atoms with Gasteiger partial charge in [0.1, 0.15) is 5.75 Å². The van der Waals surface area contributed by atoms with Gasteiger partial charge in [-0.25, -0.2) is 0 Å². The van der Waals surface area contributed by atoms with Crippen LogP contribution in [0.1, 0.15) is 22.4 Å². The van der Waals surface area contributed by atoms with Crippen LogP contribution in [0.5, 0.6) is 5.75 Å². The Bertz CT molecular complexity index is 597. The predicted molar refractivity (Wildman–Crippen MR) is 70.9 cm³/mol. The van der Waals surface area contributed by atoms with Crippen molar-refractivity contribution in [2.24, 2.45) is 0 Å². The highest BCUT2D eigenvalue weighted by Crippen LogP contribution is 2.23. The minimum atomic E-state index is -4.65. The van der Waals surface area contributed by atoms with Crippen molar-refractivity contribution in [2.75, 3.05) is 0 Å². The minimum Gasteiger partial charge on any atom is -0.406 e. The van der Waals surface area contributed by atoms with Gasteiger partial charge in [-0.15, -0.1) is 13.2 Å². The van der Waals surface area contributed by atoms with Crippen molar-refractivity contribution >= 4 is 0 Å². The highest BCUT2D eigenvalue weighted by atomic mass is 19.4. The lowest BCUT2D eigenvalue weighted by atomic mass is 10.2. The van der Waals surface area contributed by atoms with Crippen molar-refractivity contribution in [3.8, 4) is 5.75 Å². The third-order valence-corrected chi connectivity index (χ3v) is 3.42. The Morgan fingerprint density at radius 3 is 2.10 bits per heavy atom. The molecular formula is C15H16F3NO. The Hall–Kier alpha value is -1.91. The van der Waals surface area contributed by atoms with Gasteiger partial charge >= 0.3 is 6.36 Å². The first-order chi connectivity index (χ1) is 9.26. The molecule has 108 valence electrons. The van der Waals surface area contributed by atoms with Crippen LogP contribution >= 0.6 is 0 Å². The topological polar surface area (TPSA) is 14.2 Å². The number of aryl methyl sites for hydroxylation is 1. The maximum absolute atomic E-state index is 12.1. The molecule has 2 aromatic rings. The van der Waals surface area contributed by atoms with E-state index in [-0.39, 0.29) is 5.75 Å². The fourth-order valence-corrected chi connectivity index (χ4v) is 2.09. The number of nitrogens with zero attached hydrogens (tertiary/aromatic N) is 1. The largest absolute Gasteiger partial charge is 0.573 e. The second-order valence-corrected chi connectivity index (χ2v) is 4.84. The lowest BCUT2D eigenvalue weighted by Gasteiger charge is -2.10. The van der Waals surface area contributed by atoms with Crippen LogP contribution in [0.25, 0.3) is 0 Å². The van der Waals surface area contributed by atoms with E-state index in [2.05, 4.69) is 16.2 Å². The predicted octanol–water partition coefficient (Wildman–Crippen LogP) is 4.36. The molecule has 20 heavy (non-hydrogen) atoms. The van der Waals surface area contributed by atoms with Crippen LogP contribution in [0.2, 0.25) is 0 Å². The van der Waals surface area contributed by atoms with Gasteiger partial charge in [-0.3, -0.25) is 0 Å². The van der Waals surface area contributed by atoms with E-state index >= 15 is 0 Å². The minimum absolute atomic E-state index is 0.196. The number of alkyl halides is 3. The summed E-state index contributed by atoms with van der Waals surface area (Å²) in [6.45, 7) is 6.76. The van der Waals surface area contributed by atoms with Crippen LogP contribution in [0, 0.1) is 20.8 Å². The molecule has 2 nitrogen and oxygen atoms in total. The molecule has 0 atom stereocenters. The standard InChI is InChI=1S/C15H16F3NO/c1-10-8-19(12(3)11(10)2)9-13-4-6-14(7-5-13)20-15(16,17)18/h4-8H,9H2,1-3H3. The smallest absolute Gasteiger partial charge is 0.406 e. The number of ether oxygens (including phenoxy) is 1. The van der Waals surface area contributed by atoms with Crippen LogP contribution in [0.15, 0.2) is 30.5 Å². The molecule has 1 aromatic heterocycles. The van der Waals surface area contributed by atoms with Gasteiger partial charge in [-0.1, -0.05) is 12.1 Å². The van der Waals surface area contributed by atoms with Gasteiger partial charge < -0.3 is 9.30 Å². The van der Waals surface area contributed by atoms with Gasteiger partial charge in [0, 0.05) is 18.4 Å². The van der Waals surface area contributed by atoms with Crippen molar-refractivity contribution in [3.63, 3.8) is 0 Å². The quantitative estimate of drug-likeness (QED) is 0.816. The maximum Gasteiger partial charge on any atom is 0.573 e. The zero-order chi connectivity index (χ0) is 14.9. The van der Waals surface area contributed by atoms with E-state index in [1.165, 1.54) is 23.3 Å². The molecule has 0 fully saturated rings. The first-order valence-electron chi connectivity index (χ1n) is 6.24. The summed E-state index contributed by atoms with van der Waals surface area (Å²) in [7, 11) is 0. The van der Waals surface area contributed by atoms with Gasteiger partial charge in [0.05, 0.1) is 0 Å². The molecule has 0 N–H and O–H groups in total. The van der Waals surface area contributed by atoms with Crippen molar-refractivity contribution in [1.29, 1.82) is 0 Å². The first kappa shape index (κ1) is 14.5. The fourth-order valence-electron chi connectivity index (χ4n) is 2.09. The Labute approximate surface area is 115 Å². The number of hydrogen-bond acceptors (Lipinski definition) is 1. The molecule has 0 saturated heterocycles. The number of rotatable bonds is 3. The Morgan fingerprint density at radius 2 is 1.65 bits per heavy atom. The summed E-state index contributed by atoms with van der Waals surface area (Å²) < 4.78 is 42.1. The Balaban J connectivity index is 2.13. The molecule has 1 aromatic carbocycles. The summed E-state index contributed by atoms with van der Waals surface area (Å²) in [5.74, 6) is -0.196. The molecular weight excluding hydrogens is 267 g/mol. The lowest BCUT2D eigenvalue weighted by molar-refractivity contribution is -0.274. The zero-order valence-electron chi connectivity index (χ0n) is 11.6. The molecule has 0 radical (unpaired) electrons. The highest BCUT2D eigenvalue weighted by Gasteiger charge is 2.30. The summed E-state index contributed by atoms with van der Waals surface area (Å²) in [4.78, 5) is 0. The van der Waals surface area contributed by atoms with Gasteiger partial charge in [-0.2, -0.15) is 0 Å². The summed E-state index contributed by atoms with van der Waals surface area (Å²) in [5, 5.41) is 0. The van der Waals surface area contributed by atoms with Crippen molar-refractivity contribution in [3.05, 3.63) is 52.8 Å². The van der Waals surface area contributed by atoms with Gasteiger partial charge in [0.2, 0.25) is 0 Å². The van der Waals surface area contributed by atoms with E-state index < -0.39 is 6.36 Å². The third kappa shape index (κ3) is 3.35. The fraction of sp³-hybridized carbons (Fsp3) is 0.333. The summed E-state index contributed by atoms with van der Waals surface area (Å²) in [5.41, 5.74) is 4.54. The van der Waals surface area contributed by atoms with Crippen LogP contribution < -0.4 is 4.74 Å². The summed E-state index contributed by atoms with van der Waals surface area (Å²) in [6.07, 6.45) is -2.60. The molecule has 2 rings (SSSR count). The number of halogens is 3. The number of hydrogen-bond donors (Lipinski definition) is 0. The third-order valence-electron chi connectivity index (χ3n) is 3.42.